The SMILES string of the molecule is CCCC[C@H](NC(=O)CCCNC(=O)NC1CCCCC1)C(=O)O. The summed E-state index contributed by atoms with van der Waals surface area (Å²) in [5.41, 5.74) is 0. The van der Waals surface area contributed by atoms with Crippen LogP contribution in [0.3, 0.4) is 0 Å². The monoisotopic (exact) mass is 341 g/mol. The van der Waals surface area contributed by atoms with Crippen molar-refractivity contribution in [2.24, 2.45) is 0 Å². The lowest BCUT2D eigenvalue weighted by atomic mass is 9.96. The molecule has 138 valence electrons. The molecule has 1 atom stereocenters. The van der Waals surface area contributed by atoms with Gasteiger partial charge in [-0.1, -0.05) is 39.0 Å². The fourth-order valence-electron chi connectivity index (χ4n) is 2.87. The third kappa shape index (κ3) is 8.74. The Labute approximate surface area is 144 Å². The van der Waals surface area contributed by atoms with Crippen molar-refractivity contribution in [3.8, 4) is 0 Å². The number of carbonyl (C=O) groups is 3. The Bertz CT molecular complexity index is 409. The molecule has 24 heavy (non-hydrogen) atoms. The summed E-state index contributed by atoms with van der Waals surface area (Å²) >= 11 is 0. The average Bonchev–Trinajstić information content (AvgIpc) is 2.56. The van der Waals surface area contributed by atoms with Crippen molar-refractivity contribution in [3.05, 3.63) is 0 Å². The summed E-state index contributed by atoms with van der Waals surface area (Å²) in [6, 6.07) is -0.745. The Morgan fingerprint density at radius 1 is 1.12 bits per heavy atom. The fraction of sp³-hybridized carbons (Fsp3) is 0.824. The number of carbonyl (C=O) groups excluding carboxylic acids is 2. The Hall–Kier alpha value is -1.79. The Morgan fingerprint density at radius 2 is 1.83 bits per heavy atom. The maximum atomic E-state index is 11.8. The molecule has 0 radical (unpaired) electrons. The van der Waals surface area contributed by atoms with Gasteiger partial charge in [0.1, 0.15) is 6.04 Å². The molecule has 0 aromatic heterocycles. The lowest BCUT2D eigenvalue weighted by Crippen LogP contribution is -2.43. The molecule has 0 saturated heterocycles. The number of carboxylic acid groups (broad SMARTS) is 1. The van der Waals surface area contributed by atoms with Crippen LogP contribution < -0.4 is 16.0 Å². The van der Waals surface area contributed by atoms with E-state index >= 15 is 0 Å². The first-order valence-corrected chi connectivity index (χ1v) is 9.09. The second-order valence-corrected chi connectivity index (χ2v) is 6.44. The van der Waals surface area contributed by atoms with Crippen LogP contribution in [0.15, 0.2) is 0 Å². The summed E-state index contributed by atoms with van der Waals surface area (Å²) in [5.74, 6) is -1.28. The molecule has 0 aromatic rings. The number of aliphatic carboxylic acids is 1. The van der Waals surface area contributed by atoms with Crippen LogP contribution in [0.2, 0.25) is 0 Å². The van der Waals surface area contributed by atoms with Crippen molar-refractivity contribution in [2.45, 2.75) is 83.2 Å². The summed E-state index contributed by atoms with van der Waals surface area (Å²) < 4.78 is 0. The molecule has 1 rings (SSSR count). The van der Waals surface area contributed by atoms with E-state index in [0.717, 1.165) is 38.5 Å². The number of nitrogens with one attached hydrogen (secondary N) is 3. The van der Waals surface area contributed by atoms with E-state index in [1.165, 1.54) is 6.42 Å². The molecule has 1 aliphatic carbocycles. The summed E-state index contributed by atoms with van der Waals surface area (Å²) in [7, 11) is 0. The third-order valence-corrected chi connectivity index (χ3v) is 4.29. The number of hydrogen-bond acceptors (Lipinski definition) is 3. The zero-order valence-electron chi connectivity index (χ0n) is 14.6. The molecule has 1 fully saturated rings. The quantitative estimate of drug-likeness (QED) is 0.457. The van der Waals surface area contributed by atoms with Crippen molar-refractivity contribution >= 4 is 17.9 Å². The highest BCUT2D eigenvalue weighted by atomic mass is 16.4. The van der Waals surface area contributed by atoms with E-state index in [4.69, 9.17) is 5.11 Å². The third-order valence-electron chi connectivity index (χ3n) is 4.29. The van der Waals surface area contributed by atoms with Gasteiger partial charge in [0, 0.05) is 19.0 Å². The number of rotatable bonds is 10. The van der Waals surface area contributed by atoms with Gasteiger partial charge in [0.05, 0.1) is 0 Å². The van der Waals surface area contributed by atoms with Crippen molar-refractivity contribution < 1.29 is 19.5 Å². The molecule has 0 spiro atoms. The minimum Gasteiger partial charge on any atom is -0.480 e. The van der Waals surface area contributed by atoms with Gasteiger partial charge in [0.25, 0.3) is 0 Å². The van der Waals surface area contributed by atoms with Gasteiger partial charge < -0.3 is 21.1 Å². The van der Waals surface area contributed by atoms with Gasteiger partial charge in [-0.25, -0.2) is 9.59 Å². The van der Waals surface area contributed by atoms with Crippen LogP contribution in [-0.2, 0) is 9.59 Å². The first-order valence-electron chi connectivity index (χ1n) is 9.09. The molecule has 1 aliphatic rings. The Balaban J connectivity index is 2.13. The molecule has 1 saturated carbocycles. The molecule has 7 nitrogen and oxygen atoms in total. The number of hydrogen-bond donors (Lipinski definition) is 4. The minimum atomic E-state index is -0.998. The lowest BCUT2D eigenvalue weighted by Gasteiger charge is -2.22. The van der Waals surface area contributed by atoms with Crippen LogP contribution in [0.1, 0.15) is 71.1 Å². The van der Waals surface area contributed by atoms with Crippen molar-refractivity contribution in [2.75, 3.05) is 6.54 Å². The average molecular weight is 341 g/mol. The summed E-state index contributed by atoms with van der Waals surface area (Å²) in [6.45, 7) is 2.38. The van der Waals surface area contributed by atoms with Crippen LogP contribution in [0, 0.1) is 0 Å². The van der Waals surface area contributed by atoms with E-state index in [2.05, 4.69) is 16.0 Å². The van der Waals surface area contributed by atoms with Crippen LogP contribution in [0.5, 0.6) is 0 Å². The van der Waals surface area contributed by atoms with Gasteiger partial charge >= 0.3 is 12.0 Å². The van der Waals surface area contributed by atoms with E-state index in [0.29, 0.717) is 19.4 Å². The smallest absolute Gasteiger partial charge is 0.326 e. The molecule has 7 heteroatoms. The molecule has 0 heterocycles. The van der Waals surface area contributed by atoms with Crippen molar-refractivity contribution in [3.63, 3.8) is 0 Å². The van der Waals surface area contributed by atoms with E-state index in [1.807, 2.05) is 6.92 Å². The number of urea groups is 1. The summed E-state index contributed by atoms with van der Waals surface area (Å²) in [6.07, 6.45) is 8.42. The number of amides is 3. The topological polar surface area (TPSA) is 108 Å². The predicted octanol–water partition coefficient (Wildman–Crippen LogP) is 2.16. The maximum Gasteiger partial charge on any atom is 0.326 e. The van der Waals surface area contributed by atoms with Gasteiger partial charge in [-0.15, -0.1) is 0 Å². The minimum absolute atomic E-state index is 0.186. The maximum absolute atomic E-state index is 11.8. The highest BCUT2D eigenvalue weighted by Crippen LogP contribution is 2.17. The van der Waals surface area contributed by atoms with Gasteiger partial charge in [0.15, 0.2) is 0 Å². The first kappa shape index (κ1) is 20.3. The largest absolute Gasteiger partial charge is 0.480 e. The molecule has 4 N–H and O–H groups in total. The number of carboxylic acids is 1. The number of unbranched alkanes of at least 4 members (excludes halogenated alkanes) is 1. The zero-order chi connectivity index (χ0) is 17.8. The van der Waals surface area contributed by atoms with E-state index in [9.17, 15) is 14.4 Å². The highest BCUT2D eigenvalue weighted by molar-refractivity contribution is 5.83. The van der Waals surface area contributed by atoms with Gasteiger partial charge in [-0.3, -0.25) is 4.79 Å². The second kappa shape index (κ2) is 11.7. The van der Waals surface area contributed by atoms with E-state index in [-0.39, 0.29) is 24.4 Å². The molecule has 0 aromatic carbocycles. The molecule has 0 aliphatic heterocycles. The molecular weight excluding hydrogens is 310 g/mol. The standard InChI is InChI=1S/C17H31N3O4/c1-2-3-10-14(16(22)23)20-15(21)11-7-12-18-17(24)19-13-8-5-4-6-9-13/h13-14H,2-12H2,1H3,(H,20,21)(H,22,23)(H2,18,19,24)/t14-/m0/s1. The van der Waals surface area contributed by atoms with Crippen LogP contribution in [0.25, 0.3) is 0 Å². The summed E-state index contributed by atoms with van der Waals surface area (Å²) in [5, 5.41) is 17.3. The highest BCUT2D eigenvalue weighted by Gasteiger charge is 2.19. The lowest BCUT2D eigenvalue weighted by molar-refractivity contribution is -0.142. The molecular formula is C17H31N3O4. The second-order valence-electron chi connectivity index (χ2n) is 6.44. The molecule has 0 unspecified atom stereocenters. The van der Waals surface area contributed by atoms with Crippen LogP contribution >= 0.6 is 0 Å². The van der Waals surface area contributed by atoms with Crippen molar-refractivity contribution in [1.29, 1.82) is 0 Å². The first-order chi connectivity index (χ1) is 11.5. The zero-order valence-corrected chi connectivity index (χ0v) is 14.6. The van der Waals surface area contributed by atoms with Crippen molar-refractivity contribution in [1.82, 2.24) is 16.0 Å². The Morgan fingerprint density at radius 3 is 2.46 bits per heavy atom. The predicted molar refractivity (Wildman–Crippen MR) is 91.7 cm³/mol. The van der Waals surface area contributed by atoms with Crippen LogP contribution in [0.4, 0.5) is 4.79 Å². The van der Waals surface area contributed by atoms with Gasteiger partial charge in [-0.2, -0.15) is 0 Å². The van der Waals surface area contributed by atoms with Crippen LogP contribution in [-0.4, -0.2) is 41.6 Å². The van der Waals surface area contributed by atoms with Gasteiger partial charge in [0.2, 0.25) is 5.91 Å². The normalized spacial score (nSPS) is 16.2. The Kier molecular flexibility index (Phi) is 9.88. The fourth-order valence-corrected chi connectivity index (χ4v) is 2.87. The molecule has 3 amide bonds. The summed E-state index contributed by atoms with van der Waals surface area (Å²) in [4.78, 5) is 34.6. The van der Waals surface area contributed by atoms with E-state index < -0.39 is 12.0 Å². The van der Waals surface area contributed by atoms with E-state index in [1.54, 1.807) is 0 Å². The van der Waals surface area contributed by atoms with Gasteiger partial charge in [-0.05, 0) is 25.7 Å². The molecule has 0 bridgehead atoms.